The zero-order valence-electron chi connectivity index (χ0n) is 19.4. The van der Waals surface area contributed by atoms with Gasteiger partial charge in [0.1, 0.15) is 0 Å². The fraction of sp³-hybridized carbons (Fsp3) is 0.615. The molecule has 32 heavy (non-hydrogen) atoms. The van der Waals surface area contributed by atoms with Crippen molar-refractivity contribution < 1.29 is 14.3 Å². The third-order valence-corrected chi connectivity index (χ3v) is 7.78. The second-order valence-electron chi connectivity index (χ2n) is 9.83. The summed E-state index contributed by atoms with van der Waals surface area (Å²) >= 11 is 0. The van der Waals surface area contributed by atoms with E-state index in [1.165, 1.54) is 41.4 Å². The van der Waals surface area contributed by atoms with Gasteiger partial charge in [-0.15, -0.1) is 0 Å². The SMILES string of the molecule is CCN(CC(=O)NC1CC1)C(=O)c1ccc2c(c1)c1c(n2C)CC[C@H](C2CCOCC2)C1. The van der Waals surface area contributed by atoms with Gasteiger partial charge in [0.15, 0.2) is 0 Å². The minimum atomic E-state index is -0.0604. The number of aromatic nitrogens is 1. The average Bonchev–Trinajstić information content (AvgIpc) is 3.60. The Labute approximate surface area is 190 Å². The minimum Gasteiger partial charge on any atom is -0.381 e. The van der Waals surface area contributed by atoms with Gasteiger partial charge in [0.2, 0.25) is 5.91 Å². The summed E-state index contributed by atoms with van der Waals surface area (Å²) in [6.07, 6.45) is 7.89. The summed E-state index contributed by atoms with van der Waals surface area (Å²) in [5.41, 5.74) is 4.73. The fourth-order valence-corrected chi connectivity index (χ4v) is 5.71. The average molecular weight is 438 g/mol. The number of hydrogen-bond acceptors (Lipinski definition) is 3. The van der Waals surface area contributed by atoms with E-state index in [0.717, 1.165) is 44.8 Å². The van der Waals surface area contributed by atoms with Crippen LogP contribution in [0.4, 0.5) is 0 Å². The van der Waals surface area contributed by atoms with Crippen LogP contribution >= 0.6 is 0 Å². The van der Waals surface area contributed by atoms with Gasteiger partial charge in [-0.25, -0.2) is 0 Å². The van der Waals surface area contributed by atoms with E-state index < -0.39 is 0 Å². The lowest BCUT2D eigenvalue weighted by atomic mass is 9.75. The Kier molecular flexibility index (Phi) is 5.97. The third-order valence-electron chi connectivity index (χ3n) is 7.78. The van der Waals surface area contributed by atoms with E-state index in [-0.39, 0.29) is 18.4 Å². The van der Waals surface area contributed by atoms with Crippen LogP contribution in [0.5, 0.6) is 0 Å². The van der Waals surface area contributed by atoms with Gasteiger partial charge in [-0.2, -0.15) is 0 Å². The van der Waals surface area contributed by atoms with Crippen LogP contribution in [0.1, 0.15) is 60.6 Å². The van der Waals surface area contributed by atoms with E-state index in [1.807, 2.05) is 13.0 Å². The molecule has 0 radical (unpaired) electrons. The number of ether oxygens (including phenoxy) is 1. The molecule has 2 aliphatic carbocycles. The molecule has 5 rings (SSSR count). The molecular weight excluding hydrogens is 402 g/mol. The Morgan fingerprint density at radius 1 is 1.12 bits per heavy atom. The molecule has 1 aromatic heterocycles. The van der Waals surface area contributed by atoms with Crippen molar-refractivity contribution in [3.63, 3.8) is 0 Å². The summed E-state index contributed by atoms with van der Waals surface area (Å²) in [4.78, 5) is 27.2. The molecule has 0 bridgehead atoms. The van der Waals surface area contributed by atoms with Crippen LogP contribution < -0.4 is 5.32 Å². The van der Waals surface area contributed by atoms with Crippen molar-refractivity contribution in [3.8, 4) is 0 Å². The molecule has 2 aromatic rings. The predicted molar refractivity (Wildman–Crippen MR) is 125 cm³/mol. The van der Waals surface area contributed by atoms with Gasteiger partial charge in [0.05, 0.1) is 6.54 Å². The number of aryl methyl sites for hydroxylation is 1. The number of nitrogens with zero attached hydrogens (tertiary/aromatic N) is 2. The van der Waals surface area contributed by atoms with Crippen LogP contribution in [-0.4, -0.2) is 53.6 Å². The van der Waals surface area contributed by atoms with Gasteiger partial charge in [0.25, 0.3) is 5.91 Å². The van der Waals surface area contributed by atoms with E-state index in [9.17, 15) is 9.59 Å². The maximum absolute atomic E-state index is 13.3. The number of rotatable bonds is 6. The van der Waals surface area contributed by atoms with Gasteiger partial charge >= 0.3 is 0 Å². The van der Waals surface area contributed by atoms with E-state index >= 15 is 0 Å². The van der Waals surface area contributed by atoms with Crippen molar-refractivity contribution in [1.82, 2.24) is 14.8 Å². The van der Waals surface area contributed by atoms with Crippen molar-refractivity contribution in [2.45, 2.75) is 57.9 Å². The molecule has 0 spiro atoms. The normalized spacial score (nSPS) is 21.4. The summed E-state index contributed by atoms with van der Waals surface area (Å²) in [6, 6.07) is 6.40. The van der Waals surface area contributed by atoms with Gasteiger partial charge in [0, 0.05) is 55.0 Å². The molecule has 1 N–H and O–H groups in total. The highest BCUT2D eigenvalue weighted by Crippen LogP contribution is 2.39. The largest absolute Gasteiger partial charge is 0.381 e. The number of hydrogen-bond donors (Lipinski definition) is 1. The van der Waals surface area contributed by atoms with Crippen molar-refractivity contribution >= 4 is 22.7 Å². The molecule has 1 saturated heterocycles. The highest BCUT2D eigenvalue weighted by atomic mass is 16.5. The lowest BCUT2D eigenvalue weighted by molar-refractivity contribution is -0.121. The topological polar surface area (TPSA) is 63.6 Å². The first-order valence-electron chi connectivity index (χ1n) is 12.3. The lowest BCUT2D eigenvalue weighted by Gasteiger charge is -2.33. The molecule has 6 heteroatoms. The number of nitrogens with one attached hydrogen (secondary N) is 1. The van der Waals surface area contributed by atoms with Crippen molar-refractivity contribution in [2.75, 3.05) is 26.3 Å². The van der Waals surface area contributed by atoms with Crippen molar-refractivity contribution in [3.05, 3.63) is 35.0 Å². The molecule has 1 aliphatic heterocycles. The summed E-state index contributed by atoms with van der Waals surface area (Å²) < 4.78 is 7.91. The van der Waals surface area contributed by atoms with Crippen LogP contribution in [0.2, 0.25) is 0 Å². The minimum absolute atomic E-state index is 0.0554. The lowest BCUT2D eigenvalue weighted by Crippen LogP contribution is -2.41. The molecule has 3 aliphatic rings. The first-order valence-corrected chi connectivity index (χ1v) is 12.3. The second-order valence-corrected chi connectivity index (χ2v) is 9.83. The maximum Gasteiger partial charge on any atom is 0.254 e. The van der Waals surface area contributed by atoms with Crippen LogP contribution in [0.15, 0.2) is 18.2 Å². The molecule has 2 heterocycles. The molecule has 0 unspecified atom stereocenters. The van der Waals surface area contributed by atoms with E-state index in [0.29, 0.717) is 24.1 Å². The van der Waals surface area contributed by atoms with E-state index in [4.69, 9.17) is 4.74 Å². The highest BCUT2D eigenvalue weighted by Gasteiger charge is 2.31. The number of benzene rings is 1. The standard InChI is InChI=1S/C26H35N3O3/c1-3-29(16-25(30)27-20-6-7-20)26(31)19-5-9-24-22(15-19)21-14-18(4-8-23(21)28(24)2)17-10-12-32-13-11-17/h5,9,15,17-18,20H,3-4,6-8,10-14,16H2,1-2H3,(H,27,30)/t18-/m0/s1. The molecule has 172 valence electrons. The van der Waals surface area contributed by atoms with Gasteiger partial charge in [-0.05, 0) is 87.5 Å². The molecule has 1 aromatic carbocycles. The fourth-order valence-electron chi connectivity index (χ4n) is 5.71. The number of carbonyl (C=O) groups excluding carboxylic acids is 2. The van der Waals surface area contributed by atoms with Crippen molar-refractivity contribution in [2.24, 2.45) is 18.9 Å². The Balaban J connectivity index is 1.39. The van der Waals surface area contributed by atoms with E-state index in [2.05, 4.69) is 29.1 Å². The van der Waals surface area contributed by atoms with Crippen LogP contribution in [0.25, 0.3) is 10.9 Å². The monoisotopic (exact) mass is 437 g/mol. The predicted octanol–water partition coefficient (Wildman–Crippen LogP) is 3.45. The first-order chi connectivity index (χ1) is 15.5. The molecule has 2 fully saturated rings. The Hall–Kier alpha value is -2.34. The summed E-state index contributed by atoms with van der Waals surface area (Å²) in [5.74, 6) is 1.34. The zero-order valence-corrected chi connectivity index (χ0v) is 19.4. The Bertz CT molecular complexity index is 1020. The van der Waals surface area contributed by atoms with Crippen LogP contribution in [0, 0.1) is 11.8 Å². The quantitative estimate of drug-likeness (QED) is 0.753. The third kappa shape index (κ3) is 4.17. The molecule has 1 saturated carbocycles. The maximum atomic E-state index is 13.3. The number of likely N-dealkylation sites (N-methyl/N-ethyl adjacent to an activating group) is 1. The van der Waals surface area contributed by atoms with Crippen LogP contribution in [-0.2, 0) is 29.4 Å². The van der Waals surface area contributed by atoms with Gasteiger partial charge in [-0.3, -0.25) is 9.59 Å². The van der Waals surface area contributed by atoms with E-state index in [1.54, 1.807) is 4.90 Å². The number of carbonyl (C=O) groups is 2. The number of amides is 2. The molecule has 6 nitrogen and oxygen atoms in total. The smallest absolute Gasteiger partial charge is 0.254 e. The first kappa shape index (κ1) is 21.5. The summed E-state index contributed by atoms with van der Waals surface area (Å²) in [6.45, 7) is 4.37. The second kappa shape index (κ2) is 8.89. The highest BCUT2D eigenvalue weighted by molar-refractivity contribution is 6.00. The van der Waals surface area contributed by atoms with Gasteiger partial charge < -0.3 is 19.5 Å². The zero-order chi connectivity index (χ0) is 22.2. The summed E-state index contributed by atoms with van der Waals surface area (Å²) in [5, 5.41) is 4.20. The Morgan fingerprint density at radius 2 is 1.91 bits per heavy atom. The molecule has 1 atom stereocenters. The van der Waals surface area contributed by atoms with Gasteiger partial charge in [-0.1, -0.05) is 0 Å². The van der Waals surface area contributed by atoms with Crippen LogP contribution in [0.3, 0.4) is 0 Å². The number of fused-ring (bicyclic) bond motifs is 3. The van der Waals surface area contributed by atoms with Crippen molar-refractivity contribution in [1.29, 1.82) is 0 Å². The molecule has 2 amide bonds. The Morgan fingerprint density at radius 3 is 2.62 bits per heavy atom. The summed E-state index contributed by atoms with van der Waals surface area (Å²) in [7, 11) is 2.15. The molecular formula is C26H35N3O3.